The van der Waals surface area contributed by atoms with Crippen LogP contribution in [0.2, 0.25) is 0 Å². The lowest BCUT2D eigenvalue weighted by atomic mass is 9.66. The number of para-hydroxylation sites is 2. The van der Waals surface area contributed by atoms with E-state index in [1.807, 2.05) is 60.9 Å². The van der Waals surface area contributed by atoms with Gasteiger partial charge in [-0.15, -0.1) is 0 Å². The minimum absolute atomic E-state index is 0.596. The fourth-order valence-corrected chi connectivity index (χ4v) is 14.7. The van der Waals surface area contributed by atoms with Crippen LogP contribution in [0.25, 0.3) is 135 Å². The summed E-state index contributed by atoms with van der Waals surface area (Å²) < 4.78 is 13.2. The molecule has 10 aromatic carbocycles. The molecule has 2 unspecified atom stereocenters. The highest BCUT2D eigenvalue weighted by Gasteiger charge is 2.49. The quantitative estimate of drug-likeness (QED) is 0.126. The van der Waals surface area contributed by atoms with Gasteiger partial charge in [0.05, 0.1) is 16.8 Å². The Kier molecular flexibility index (Phi) is 12.4. The predicted octanol–water partition coefficient (Wildman–Crippen LogP) is 20.6. The standard InChI is InChI=1S/C85H54N6O2/c1-84(68-30-9-7-26-64(68)80-66(28-14-32-70(80)84)72-49-74(78-46-57-18-5-11-34-76(57)92-78)90-82(88-72)55-40-36-53(37-41-55)59-20-16-44-86-51-59)62-24-13-25-63(48-62)85(61-22-3-2-4-23-61)69-31-10-8-27-65(69)81-67(29-15-33-71(81)85)73-50-75(79-47-58-19-6-12-35-77(58)93-79)91-83(89-73)56-42-38-54(39-43-56)60-21-17-45-87-52-60/h2-52H,1H3. The highest BCUT2D eigenvalue weighted by atomic mass is 16.3. The van der Waals surface area contributed by atoms with Crippen molar-refractivity contribution in [3.8, 4) is 113 Å². The first kappa shape index (κ1) is 53.7. The van der Waals surface area contributed by atoms with Crippen molar-refractivity contribution in [2.75, 3.05) is 0 Å². The van der Waals surface area contributed by atoms with Crippen molar-refractivity contribution in [3.05, 3.63) is 349 Å². The Balaban J connectivity index is 0.806. The molecular weight excluding hydrogens is 1140 g/mol. The molecule has 8 heteroatoms. The molecule has 0 fully saturated rings. The lowest BCUT2D eigenvalue weighted by Gasteiger charge is -2.36. The van der Waals surface area contributed by atoms with Gasteiger partial charge in [-0.25, -0.2) is 19.9 Å². The van der Waals surface area contributed by atoms with Crippen molar-refractivity contribution in [1.82, 2.24) is 29.9 Å². The molecular formula is C85H54N6O2. The highest BCUT2D eigenvalue weighted by molar-refractivity contribution is 5.97. The fourth-order valence-electron chi connectivity index (χ4n) is 14.7. The number of pyridine rings is 2. The second-order valence-electron chi connectivity index (χ2n) is 24.2. The number of aromatic nitrogens is 6. The molecule has 6 aromatic heterocycles. The van der Waals surface area contributed by atoms with Crippen LogP contribution in [0.4, 0.5) is 0 Å². The topological polar surface area (TPSA) is 104 Å². The molecule has 2 atom stereocenters. The van der Waals surface area contributed by atoms with Crippen LogP contribution >= 0.6 is 0 Å². The third kappa shape index (κ3) is 8.67. The summed E-state index contributed by atoms with van der Waals surface area (Å²) in [6.45, 7) is 2.40. The molecule has 6 heterocycles. The van der Waals surface area contributed by atoms with E-state index in [-0.39, 0.29) is 0 Å². The van der Waals surface area contributed by atoms with Gasteiger partial charge < -0.3 is 8.83 Å². The maximum absolute atomic E-state index is 6.60. The lowest BCUT2D eigenvalue weighted by molar-refractivity contribution is 0.628. The Labute approximate surface area is 537 Å². The highest BCUT2D eigenvalue weighted by Crippen LogP contribution is 2.60. The molecule has 8 nitrogen and oxygen atoms in total. The first-order chi connectivity index (χ1) is 45.9. The van der Waals surface area contributed by atoms with E-state index in [9.17, 15) is 0 Å². The van der Waals surface area contributed by atoms with E-state index in [2.05, 4.69) is 253 Å². The van der Waals surface area contributed by atoms with Crippen LogP contribution in [0.1, 0.15) is 45.9 Å². The van der Waals surface area contributed by atoms with Gasteiger partial charge in [0.15, 0.2) is 23.2 Å². The zero-order valence-corrected chi connectivity index (χ0v) is 50.4. The van der Waals surface area contributed by atoms with Gasteiger partial charge in [0, 0.05) is 63.2 Å². The predicted molar refractivity (Wildman–Crippen MR) is 371 cm³/mol. The van der Waals surface area contributed by atoms with Crippen LogP contribution in [0.15, 0.2) is 319 Å². The average molecular weight is 1190 g/mol. The molecule has 436 valence electrons. The van der Waals surface area contributed by atoms with Gasteiger partial charge in [-0.1, -0.05) is 237 Å². The van der Waals surface area contributed by atoms with E-state index in [4.69, 9.17) is 28.8 Å². The molecule has 0 amide bonds. The van der Waals surface area contributed by atoms with Crippen molar-refractivity contribution in [2.45, 2.75) is 17.8 Å². The van der Waals surface area contributed by atoms with E-state index in [1.165, 1.54) is 27.8 Å². The number of hydrogen-bond acceptors (Lipinski definition) is 8. The number of hydrogen-bond donors (Lipinski definition) is 0. The van der Waals surface area contributed by atoms with Gasteiger partial charge in [-0.05, 0) is 139 Å². The third-order valence-corrected chi connectivity index (χ3v) is 19.1. The van der Waals surface area contributed by atoms with Crippen molar-refractivity contribution in [1.29, 1.82) is 0 Å². The minimum Gasteiger partial charge on any atom is -0.454 e. The van der Waals surface area contributed by atoms with Crippen LogP contribution in [-0.4, -0.2) is 29.9 Å². The molecule has 16 aromatic rings. The lowest BCUT2D eigenvalue weighted by Crippen LogP contribution is -2.30. The Morgan fingerprint density at radius 1 is 0.290 bits per heavy atom. The van der Waals surface area contributed by atoms with E-state index < -0.39 is 10.8 Å². The van der Waals surface area contributed by atoms with E-state index in [1.54, 1.807) is 12.4 Å². The summed E-state index contributed by atoms with van der Waals surface area (Å²) in [7, 11) is 0. The monoisotopic (exact) mass is 1190 g/mol. The second kappa shape index (κ2) is 21.5. The molecule has 2 aliphatic carbocycles. The van der Waals surface area contributed by atoms with Gasteiger partial charge >= 0.3 is 0 Å². The summed E-state index contributed by atoms with van der Waals surface area (Å²) in [5.41, 5.74) is 24.0. The maximum atomic E-state index is 6.60. The summed E-state index contributed by atoms with van der Waals surface area (Å²) in [4.78, 5) is 30.3. The molecule has 2 aliphatic rings. The number of rotatable bonds is 11. The SMILES string of the molecule is CC1(c2cccc(C3(c4ccccc4)c4ccccc4-c4c(-c5cc(-c6cc7ccccc7o6)nc(-c6ccc(-c7cccnc7)cc6)n5)cccc43)c2)c2ccccc2-c2c(-c3cc(-c4cc5ccccc5o4)nc(-c4ccc(-c5cccnc5)cc4)n3)cccc21. The second-order valence-corrected chi connectivity index (χ2v) is 24.2. The summed E-state index contributed by atoms with van der Waals surface area (Å²) in [6.07, 6.45) is 7.36. The van der Waals surface area contributed by atoms with Crippen molar-refractivity contribution < 1.29 is 8.83 Å². The Morgan fingerprint density at radius 3 is 1.28 bits per heavy atom. The molecule has 18 rings (SSSR count). The molecule has 0 saturated carbocycles. The molecule has 93 heavy (non-hydrogen) atoms. The number of furan rings is 2. The molecule has 0 saturated heterocycles. The van der Waals surface area contributed by atoms with Gasteiger partial charge in [-0.3, -0.25) is 9.97 Å². The molecule has 0 spiro atoms. The zero-order chi connectivity index (χ0) is 61.6. The average Bonchev–Trinajstić information content (AvgIpc) is 1.55. The largest absolute Gasteiger partial charge is 0.454 e. The van der Waals surface area contributed by atoms with Crippen LogP contribution in [0, 0.1) is 0 Å². The molecule has 0 aliphatic heterocycles. The Hall–Kier alpha value is -12.3. The summed E-state index contributed by atoms with van der Waals surface area (Å²) in [5, 5.41) is 2.02. The van der Waals surface area contributed by atoms with Crippen molar-refractivity contribution in [3.63, 3.8) is 0 Å². The van der Waals surface area contributed by atoms with E-state index in [0.717, 1.165) is 111 Å². The van der Waals surface area contributed by atoms with Crippen LogP contribution in [-0.2, 0) is 10.8 Å². The van der Waals surface area contributed by atoms with Crippen LogP contribution in [0.5, 0.6) is 0 Å². The Bertz CT molecular complexity index is 5520. The van der Waals surface area contributed by atoms with Gasteiger partial charge in [-0.2, -0.15) is 0 Å². The van der Waals surface area contributed by atoms with Crippen molar-refractivity contribution in [2.24, 2.45) is 0 Å². The van der Waals surface area contributed by atoms with Gasteiger partial charge in [0.2, 0.25) is 0 Å². The summed E-state index contributed by atoms with van der Waals surface area (Å²) >= 11 is 0. The summed E-state index contributed by atoms with van der Waals surface area (Å²) in [5.74, 6) is 2.54. The number of fused-ring (bicyclic) bond motifs is 8. The summed E-state index contributed by atoms with van der Waals surface area (Å²) in [6, 6.07) is 101. The van der Waals surface area contributed by atoms with Crippen LogP contribution in [0.3, 0.4) is 0 Å². The molecule has 0 bridgehead atoms. The zero-order valence-electron chi connectivity index (χ0n) is 50.4. The maximum Gasteiger partial charge on any atom is 0.160 e. The normalized spacial score (nSPS) is 15.2. The van der Waals surface area contributed by atoms with Gasteiger partial charge in [0.25, 0.3) is 0 Å². The van der Waals surface area contributed by atoms with E-state index in [0.29, 0.717) is 34.6 Å². The smallest absolute Gasteiger partial charge is 0.160 e. The minimum atomic E-state index is -0.765. The van der Waals surface area contributed by atoms with Gasteiger partial charge in [0.1, 0.15) is 22.6 Å². The fraction of sp³-hybridized carbons (Fsp3) is 0.0353. The van der Waals surface area contributed by atoms with E-state index >= 15 is 0 Å². The first-order valence-electron chi connectivity index (χ1n) is 31.4. The third-order valence-electron chi connectivity index (χ3n) is 19.1. The molecule has 0 N–H and O–H groups in total. The Morgan fingerprint density at radius 2 is 0.720 bits per heavy atom. The molecule has 0 radical (unpaired) electrons. The number of benzene rings is 10. The van der Waals surface area contributed by atoms with Crippen molar-refractivity contribution >= 4 is 21.9 Å². The number of nitrogens with zero attached hydrogens (tertiary/aromatic N) is 6. The first-order valence-corrected chi connectivity index (χ1v) is 31.4. The van der Waals surface area contributed by atoms with Crippen LogP contribution < -0.4 is 0 Å².